The third-order valence-electron chi connectivity index (χ3n) is 7.26. The maximum Gasteiger partial charge on any atom is 1.00 e. The summed E-state index contributed by atoms with van der Waals surface area (Å²) in [7, 11) is 0. The van der Waals surface area contributed by atoms with Gasteiger partial charge in [-0.3, -0.25) is 0 Å². The number of unbranched alkanes of at least 4 members (excludes halogenated alkanes) is 4. The number of benzene rings is 3. The summed E-state index contributed by atoms with van der Waals surface area (Å²) >= 11 is 0. The molecule has 1 N–H and O–H groups in total. The molecule has 8 heteroatoms. The molecule has 3 rings (SSSR count). The number of nitrogens with one attached hydrogen (secondary N) is 1. The molecule has 0 radical (unpaired) electrons. The number of aliphatic carboxylic acids is 1. The normalized spacial score (nSPS) is 12.1. The average molecular weight is 597 g/mol. The van der Waals surface area contributed by atoms with Gasteiger partial charge < -0.3 is 29.6 Å². The van der Waals surface area contributed by atoms with Gasteiger partial charge in [0.05, 0.1) is 12.5 Å². The Morgan fingerprint density at radius 2 is 1.49 bits per heavy atom. The molecule has 0 spiro atoms. The second kappa shape index (κ2) is 18.6. The molecule has 0 saturated carbocycles. The SMILES string of the molecule is CCCCCCCN(CCOc1ccc(CC(C)(Oc2ccc(C(C)C)cc2)C(=O)[O-])cc1)C(=O)Nc1ccccc1.[Na+]. The van der Waals surface area contributed by atoms with E-state index in [4.69, 9.17) is 9.47 Å². The predicted octanol–water partition coefficient (Wildman–Crippen LogP) is 3.83. The fourth-order valence-corrected chi connectivity index (χ4v) is 4.64. The number of carboxylic acid groups (broad SMARTS) is 1. The number of carbonyl (C=O) groups excluding carboxylic acids is 2. The Bertz CT molecular complexity index is 1240. The second-order valence-corrected chi connectivity index (χ2v) is 11.2. The van der Waals surface area contributed by atoms with E-state index in [2.05, 4.69) is 26.1 Å². The van der Waals surface area contributed by atoms with Gasteiger partial charge in [-0.05, 0) is 66.8 Å². The number of carbonyl (C=O) groups is 2. The molecule has 2 amide bonds. The van der Waals surface area contributed by atoms with Crippen LogP contribution in [0.25, 0.3) is 0 Å². The molecule has 0 aliphatic heterocycles. The Kier molecular flexibility index (Phi) is 15.7. The van der Waals surface area contributed by atoms with Crippen molar-refractivity contribution in [2.75, 3.05) is 25.0 Å². The zero-order valence-corrected chi connectivity index (χ0v) is 28.4. The van der Waals surface area contributed by atoms with Crippen LogP contribution in [0.3, 0.4) is 0 Å². The first kappa shape index (κ1) is 36.2. The monoisotopic (exact) mass is 596 g/mol. The Morgan fingerprint density at radius 3 is 2.09 bits per heavy atom. The molecule has 3 aromatic rings. The largest absolute Gasteiger partial charge is 1.00 e. The second-order valence-electron chi connectivity index (χ2n) is 11.2. The Morgan fingerprint density at radius 1 is 0.860 bits per heavy atom. The van der Waals surface area contributed by atoms with Crippen molar-refractivity contribution in [3.05, 3.63) is 90.0 Å². The van der Waals surface area contributed by atoms with Gasteiger partial charge >= 0.3 is 35.6 Å². The first-order valence-electron chi connectivity index (χ1n) is 15.0. The first-order valence-corrected chi connectivity index (χ1v) is 15.0. The Balaban J connectivity index is 0.00000645. The van der Waals surface area contributed by atoms with E-state index < -0.39 is 11.6 Å². The molecular formula is C35H45N2NaO5. The van der Waals surface area contributed by atoms with E-state index >= 15 is 0 Å². The van der Waals surface area contributed by atoms with Crippen molar-refractivity contribution in [3.63, 3.8) is 0 Å². The molecule has 43 heavy (non-hydrogen) atoms. The van der Waals surface area contributed by atoms with Crippen molar-refractivity contribution < 1.29 is 53.7 Å². The zero-order chi connectivity index (χ0) is 30.4. The standard InChI is InChI=1S/C35H46N2O5.Na/c1-5-6-7-8-12-23-37(34(40)36-30-13-10-9-11-14-30)24-25-41-31-19-15-28(16-20-31)26-35(4,33(38)39)42-32-21-17-29(18-22-32)27(2)3;/h9-11,13-22,27H,5-8,12,23-26H2,1-4H3,(H,36,40)(H,38,39);/q;+1/p-1. The van der Waals surface area contributed by atoms with Crippen molar-refractivity contribution in [2.24, 2.45) is 0 Å². The van der Waals surface area contributed by atoms with Crippen LogP contribution in [0.4, 0.5) is 10.5 Å². The van der Waals surface area contributed by atoms with Crippen LogP contribution in [0.1, 0.15) is 76.8 Å². The van der Waals surface area contributed by atoms with Gasteiger partial charge in [0.1, 0.15) is 23.7 Å². The Labute approximate surface area is 279 Å². The minimum absolute atomic E-state index is 0. The minimum atomic E-state index is -1.54. The fraction of sp³-hybridized carbons (Fsp3) is 0.429. The number of hydrogen-bond donors (Lipinski definition) is 1. The number of ether oxygens (including phenoxy) is 2. The molecule has 1 atom stereocenters. The molecule has 3 aromatic carbocycles. The molecule has 7 nitrogen and oxygen atoms in total. The predicted molar refractivity (Wildman–Crippen MR) is 166 cm³/mol. The van der Waals surface area contributed by atoms with Crippen molar-refractivity contribution in [1.29, 1.82) is 0 Å². The van der Waals surface area contributed by atoms with E-state index in [-0.39, 0.29) is 42.0 Å². The smallest absolute Gasteiger partial charge is 0.546 e. The number of carboxylic acids is 1. The van der Waals surface area contributed by atoms with E-state index in [1.54, 1.807) is 17.0 Å². The van der Waals surface area contributed by atoms with Crippen molar-refractivity contribution >= 4 is 17.7 Å². The van der Waals surface area contributed by atoms with Crippen LogP contribution in [0, 0.1) is 0 Å². The van der Waals surface area contributed by atoms with Crippen LogP contribution in [-0.4, -0.2) is 42.2 Å². The Hall–Kier alpha value is -3.00. The molecule has 226 valence electrons. The molecule has 0 heterocycles. The molecule has 1 unspecified atom stereocenters. The first-order chi connectivity index (χ1) is 20.2. The maximum absolute atomic E-state index is 13.0. The average Bonchev–Trinajstić information content (AvgIpc) is 2.97. The number of rotatable bonds is 17. The van der Waals surface area contributed by atoms with Gasteiger partial charge in [0.25, 0.3) is 0 Å². The van der Waals surface area contributed by atoms with Gasteiger partial charge in [0.15, 0.2) is 0 Å². The third kappa shape index (κ3) is 12.3. The molecule has 0 bridgehead atoms. The quantitative estimate of drug-likeness (QED) is 0.189. The van der Waals surface area contributed by atoms with Gasteiger partial charge in [-0.15, -0.1) is 0 Å². The number of anilines is 1. The molecule has 0 aliphatic carbocycles. The summed E-state index contributed by atoms with van der Waals surface area (Å²) in [6, 6.07) is 24.0. The molecule has 0 aliphatic rings. The molecular weight excluding hydrogens is 551 g/mol. The number of hydrogen-bond acceptors (Lipinski definition) is 5. The summed E-state index contributed by atoms with van der Waals surface area (Å²) in [5, 5.41) is 15.0. The fourth-order valence-electron chi connectivity index (χ4n) is 4.64. The van der Waals surface area contributed by atoms with Crippen LogP contribution in [0.15, 0.2) is 78.9 Å². The topological polar surface area (TPSA) is 90.9 Å². The van der Waals surface area contributed by atoms with E-state index in [1.807, 2.05) is 66.7 Å². The van der Waals surface area contributed by atoms with Crippen LogP contribution < -0.4 is 49.5 Å². The van der Waals surface area contributed by atoms with Gasteiger partial charge in [0.2, 0.25) is 0 Å². The molecule has 0 aromatic heterocycles. The third-order valence-corrected chi connectivity index (χ3v) is 7.26. The minimum Gasteiger partial charge on any atom is -0.546 e. The van der Waals surface area contributed by atoms with Crippen LogP contribution >= 0.6 is 0 Å². The van der Waals surface area contributed by atoms with Crippen LogP contribution in [0.2, 0.25) is 0 Å². The van der Waals surface area contributed by atoms with E-state index in [1.165, 1.54) is 26.2 Å². The summed E-state index contributed by atoms with van der Waals surface area (Å²) in [6.07, 6.45) is 5.71. The van der Waals surface area contributed by atoms with Crippen molar-refractivity contribution in [3.8, 4) is 11.5 Å². The van der Waals surface area contributed by atoms with Gasteiger partial charge in [-0.25, -0.2) is 4.79 Å². The van der Waals surface area contributed by atoms with E-state index in [0.29, 0.717) is 37.1 Å². The summed E-state index contributed by atoms with van der Waals surface area (Å²) in [4.78, 5) is 26.9. The number of amides is 2. The molecule has 0 saturated heterocycles. The summed E-state index contributed by atoms with van der Waals surface area (Å²) in [6.45, 7) is 9.36. The summed E-state index contributed by atoms with van der Waals surface area (Å²) < 4.78 is 11.9. The number of para-hydroxylation sites is 1. The van der Waals surface area contributed by atoms with E-state index in [9.17, 15) is 14.7 Å². The van der Waals surface area contributed by atoms with Crippen molar-refractivity contribution in [2.45, 2.75) is 77.7 Å². The molecule has 0 fully saturated rings. The number of nitrogens with zero attached hydrogens (tertiary/aromatic N) is 1. The summed E-state index contributed by atoms with van der Waals surface area (Å²) in [5.41, 5.74) is 1.16. The van der Waals surface area contributed by atoms with E-state index in [0.717, 1.165) is 29.7 Å². The summed E-state index contributed by atoms with van der Waals surface area (Å²) in [5.74, 6) is 0.222. The van der Waals surface area contributed by atoms with Gasteiger partial charge in [-0.1, -0.05) is 88.9 Å². The number of urea groups is 1. The van der Waals surface area contributed by atoms with Gasteiger partial charge in [-0.2, -0.15) is 0 Å². The van der Waals surface area contributed by atoms with Crippen molar-refractivity contribution in [1.82, 2.24) is 4.90 Å². The van der Waals surface area contributed by atoms with Crippen LogP contribution in [-0.2, 0) is 11.2 Å². The maximum atomic E-state index is 13.0. The van der Waals surface area contributed by atoms with Gasteiger partial charge in [0, 0.05) is 18.7 Å². The van der Waals surface area contributed by atoms with Crippen LogP contribution in [0.5, 0.6) is 11.5 Å². The zero-order valence-electron chi connectivity index (χ0n) is 26.4.